The number of rotatable bonds is 4. The number of benzene rings is 2. The van der Waals surface area contributed by atoms with Crippen LogP contribution in [0, 0.1) is 0 Å². The molecule has 1 aliphatic rings. The number of carbonyl (C=O) groups excluding carboxylic acids is 1. The molecule has 3 N–H and O–H groups in total. The predicted octanol–water partition coefficient (Wildman–Crippen LogP) is 2.56. The molecular formula is C19H20N2O5. The second-order valence-electron chi connectivity index (χ2n) is 6.06. The Labute approximate surface area is 150 Å². The van der Waals surface area contributed by atoms with Crippen LogP contribution in [0.5, 0.6) is 17.2 Å². The molecule has 0 aromatic heterocycles. The number of hydrogen-bond donors (Lipinski definition) is 3. The van der Waals surface area contributed by atoms with Gasteiger partial charge in [0.25, 0.3) is 5.91 Å². The second kappa shape index (κ2) is 6.68. The Morgan fingerprint density at radius 2 is 1.92 bits per heavy atom. The molecule has 1 amide bonds. The van der Waals surface area contributed by atoms with Crippen LogP contribution in [0.1, 0.15) is 35.7 Å². The Morgan fingerprint density at radius 3 is 2.50 bits per heavy atom. The van der Waals surface area contributed by atoms with Gasteiger partial charge in [0.15, 0.2) is 5.72 Å². The molecule has 0 aliphatic carbocycles. The second-order valence-corrected chi connectivity index (χ2v) is 6.06. The zero-order chi connectivity index (χ0) is 18.9. The normalized spacial score (nSPS) is 19.3. The van der Waals surface area contributed by atoms with Crippen LogP contribution in [0.2, 0.25) is 0 Å². The summed E-state index contributed by atoms with van der Waals surface area (Å²) < 4.78 is 5.13. The highest BCUT2D eigenvalue weighted by Crippen LogP contribution is 2.38. The first-order valence-corrected chi connectivity index (χ1v) is 8.19. The maximum Gasteiger partial charge on any atom is 0.280 e. The first kappa shape index (κ1) is 17.8. The minimum absolute atomic E-state index is 0.0594. The molecule has 7 nitrogen and oxygen atoms in total. The molecule has 0 unspecified atom stereocenters. The van der Waals surface area contributed by atoms with E-state index >= 15 is 0 Å². The lowest BCUT2D eigenvalue weighted by Gasteiger charge is -2.31. The number of hydrogen-bond acceptors (Lipinski definition) is 6. The number of ether oxygens (including phenoxy) is 1. The highest BCUT2D eigenvalue weighted by Gasteiger charge is 2.46. The number of methoxy groups -OCH3 is 1. The van der Waals surface area contributed by atoms with Crippen molar-refractivity contribution in [2.24, 2.45) is 5.10 Å². The fourth-order valence-electron chi connectivity index (χ4n) is 2.93. The van der Waals surface area contributed by atoms with E-state index in [0.717, 1.165) is 11.1 Å². The van der Waals surface area contributed by atoms with E-state index < -0.39 is 11.6 Å². The van der Waals surface area contributed by atoms with Crippen LogP contribution in [0.4, 0.5) is 0 Å². The van der Waals surface area contributed by atoms with Gasteiger partial charge in [-0.25, -0.2) is 0 Å². The summed E-state index contributed by atoms with van der Waals surface area (Å²) >= 11 is 0. The first-order valence-electron chi connectivity index (χ1n) is 8.19. The van der Waals surface area contributed by atoms with Crippen molar-refractivity contribution in [3.63, 3.8) is 0 Å². The van der Waals surface area contributed by atoms with Crippen molar-refractivity contribution in [2.75, 3.05) is 7.11 Å². The molecule has 7 heteroatoms. The molecule has 136 valence electrons. The monoisotopic (exact) mass is 356 g/mol. The summed E-state index contributed by atoms with van der Waals surface area (Å²) in [7, 11) is 1.54. The molecule has 0 radical (unpaired) electrons. The SMILES string of the molecule is CCC1=NN(C(=O)c2ccc(O)cc2O)[C@@](O)(c2ccc(OC)cc2)C1. The Balaban J connectivity index is 2.03. The van der Waals surface area contributed by atoms with Gasteiger partial charge in [-0.2, -0.15) is 10.1 Å². The molecule has 2 aromatic carbocycles. The van der Waals surface area contributed by atoms with Gasteiger partial charge in [-0.15, -0.1) is 0 Å². The topological polar surface area (TPSA) is 103 Å². The highest BCUT2D eigenvalue weighted by atomic mass is 16.5. The number of amides is 1. The Bertz CT molecular complexity index is 863. The Hall–Kier alpha value is -3.06. The van der Waals surface area contributed by atoms with E-state index in [9.17, 15) is 20.1 Å². The summed E-state index contributed by atoms with van der Waals surface area (Å²) in [5, 5.41) is 36.0. The summed E-state index contributed by atoms with van der Waals surface area (Å²) in [6.07, 6.45) is 0.740. The smallest absolute Gasteiger partial charge is 0.280 e. The minimum Gasteiger partial charge on any atom is -0.508 e. The average Bonchev–Trinajstić information content (AvgIpc) is 2.99. The van der Waals surface area contributed by atoms with E-state index in [1.807, 2.05) is 6.92 Å². The Kier molecular flexibility index (Phi) is 4.56. The maximum atomic E-state index is 12.9. The van der Waals surface area contributed by atoms with Crippen LogP contribution < -0.4 is 4.74 Å². The van der Waals surface area contributed by atoms with Gasteiger partial charge in [0.2, 0.25) is 0 Å². The molecule has 1 aliphatic heterocycles. The zero-order valence-electron chi connectivity index (χ0n) is 14.5. The lowest BCUT2D eigenvalue weighted by molar-refractivity contribution is -0.0766. The molecule has 0 bridgehead atoms. The fraction of sp³-hybridized carbons (Fsp3) is 0.263. The molecule has 0 spiro atoms. The highest BCUT2D eigenvalue weighted by molar-refractivity contribution is 6.00. The van der Waals surface area contributed by atoms with Gasteiger partial charge in [0.05, 0.1) is 12.7 Å². The third-order valence-electron chi connectivity index (χ3n) is 4.41. The van der Waals surface area contributed by atoms with Crippen molar-refractivity contribution in [3.8, 4) is 17.2 Å². The number of carbonyl (C=O) groups is 1. The molecular weight excluding hydrogens is 336 g/mol. The molecule has 3 rings (SSSR count). The summed E-state index contributed by atoms with van der Waals surface area (Å²) in [5.74, 6) is -0.582. The van der Waals surface area contributed by atoms with Crippen LogP contribution in [0.15, 0.2) is 47.6 Å². The summed E-state index contributed by atoms with van der Waals surface area (Å²) in [5.41, 5.74) is -0.582. The summed E-state index contributed by atoms with van der Waals surface area (Å²) in [6, 6.07) is 10.4. The molecule has 1 atom stereocenters. The third kappa shape index (κ3) is 2.97. The predicted molar refractivity (Wildman–Crippen MR) is 95.2 cm³/mol. The van der Waals surface area contributed by atoms with Crippen molar-refractivity contribution in [2.45, 2.75) is 25.5 Å². The number of phenols is 2. The minimum atomic E-state index is -1.67. The van der Waals surface area contributed by atoms with E-state index in [2.05, 4.69) is 5.10 Å². The Morgan fingerprint density at radius 1 is 1.23 bits per heavy atom. The fourth-order valence-corrected chi connectivity index (χ4v) is 2.93. The standard InChI is InChI=1S/C19H20N2O5/c1-3-13-11-19(25,12-4-7-15(26-2)8-5-12)21(20-13)18(24)16-9-6-14(22)10-17(16)23/h4-10,22-23,25H,3,11H2,1-2H3/t19-/m0/s1. The maximum absolute atomic E-state index is 12.9. The van der Waals surface area contributed by atoms with Crippen molar-refractivity contribution in [3.05, 3.63) is 53.6 Å². The lowest BCUT2D eigenvalue weighted by atomic mass is 9.96. The van der Waals surface area contributed by atoms with Crippen LogP contribution >= 0.6 is 0 Å². The average molecular weight is 356 g/mol. The van der Waals surface area contributed by atoms with Gasteiger partial charge in [-0.3, -0.25) is 4.79 Å². The van der Waals surface area contributed by atoms with Gasteiger partial charge in [0, 0.05) is 23.8 Å². The van der Waals surface area contributed by atoms with Crippen molar-refractivity contribution in [1.82, 2.24) is 5.01 Å². The molecule has 0 saturated heterocycles. The van der Waals surface area contributed by atoms with Crippen molar-refractivity contribution >= 4 is 11.6 Å². The number of nitrogens with zero attached hydrogens (tertiary/aromatic N) is 2. The van der Waals surface area contributed by atoms with Gasteiger partial charge in [-0.05, 0) is 30.7 Å². The number of aromatic hydroxyl groups is 2. The van der Waals surface area contributed by atoms with Crippen LogP contribution in [-0.4, -0.2) is 39.1 Å². The van der Waals surface area contributed by atoms with Crippen molar-refractivity contribution in [1.29, 1.82) is 0 Å². The molecule has 1 heterocycles. The van der Waals surface area contributed by atoms with E-state index in [1.165, 1.54) is 12.1 Å². The van der Waals surface area contributed by atoms with Gasteiger partial charge >= 0.3 is 0 Å². The van der Waals surface area contributed by atoms with E-state index in [-0.39, 0.29) is 23.5 Å². The van der Waals surface area contributed by atoms with Crippen LogP contribution in [0.3, 0.4) is 0 Å². The number of hydrazone groups is 1. The van der Waals surface area contributed by atoms with Gasteiger partial charge < -0.3 is 20.1 Å². The van der Waals surface area contributed by atoms with Crippen LogP contribution in [-0.2, 0) is 5.72 Å². The molecule has 26 heavy (non-hydrogen) atoms. The first-order chi connectivity index (χ1) is 12.4. The molecule has 2 aromatic rings. The van der Waals surface area contributed by atoms with Crippen molar-refractivity contribution < 1.29 is 24.9 Å². The lowest BCUT2D eigenvalue weighted by Crippen LogP contribution is -2.43. The van der Waals surface area contributed by atoms with E-state index in [4.69, 9.17) is 4.74 Å². The summed E-state index contributed by atoms with van der Waals surface area (Å²) in [6.45, 7) is 1.89. The third-order valence-corrected chi connectivity index (χ3v) is 4.41. The number of phenolic OH excluding ortho intramolecular Hbond substituents is 2. The summed E-state index contributed by atoms with van der Waals surface area (Å²) in [4.78, 5) is 12.9. The van der Waals surface area contributed by atoms with Gasteiger partial charge in [-0.1, -0.05) is 19.1 Å². The van der Waals surface area contributed by atoms with Crippen LogP contribution in [0.25, 0.3) is 0 Å². The molecule has 0 fully saturated rings. The zero-order valence-corrected chi connectivity index (χ0v) is 14.5. The number of aliphatic hydroxyl groups is 1. The van der Waals surface area contributed by atoms with E-state index in [0.29, 0.717) is 23.4 Å². The molecule has 0 saturated carbocycles. The quantitative estimate of drug-likeness (QED) is 0.781. The van der Waals surface area contributed by atoms with E-state index in [1.54, 1.807) is 31.4 Å². The largest absolute Gasteiger partial charge is 0.508 e. The van der Waals surface area contributed by atoms with Gasteiger partial charge in [0.1, 0.15) is 17.2 Å².